The van der Waals surface area contributed by atoms with Gasteiger partial charge >= 0.3 is 24.4 Å². The normalized spacial score (nSPS) is 13.1. The zero-order chi connectivity index (χ0) is 25.6. The van der Waals surface area contributed by atoms with Crippen molar-refractivity contribution in [3.8, 4) is 5.75 Å². The topological polar surface area (TPSA) is 64.4 Å². The summed E-state index contributed by atoms with van der Waals surface area (Å²) in [6.07, 6.45) is -19.1. The standard InChI is InChI=1S/C17H8BrF11N2O2/c18-11-9(33-17(27,28)29)5-4-8(10(11)14(20,15(21,22)23)16(24,25)26)31-13(32)6-2-1-3-7(30)12(6)19/h1-5H,30H2,(H,31,32). The molecule has 0 aliphatic heterocycles. The van der Waals surface area contributed by atoms with Crippen LogP contribution < -0.4 is 15.8 Å². The highest BCUT2D eigenvalue weighted by Gasteiger charge is 2.75. The molecule has 0 fully saturated rings. The summed E-state index contributed by atoms with van der Waals surface area (Å²) in [5, 5.41) is 1.43. The molecule has 16 heteroatoms. The summed E-state index contributed by atoms with van der Waals surface area (Å²) in [5.41, 5.74) is -6.75. The average Bonchev–Trinajstić information content (AvgIpc) is 2.63. The molecule has 4 nitrogen and oxygen atoms in total. The minimum absolute atomic E-state index is 0.0923. The smallest absolute Gasteiger partial charge is 0.405 e. The van der Waals surface area contributed by atoms with Crippen molar-refractivity contribution in [2.24, 2.45) is 0 Å². The third-order valence-corrected chi connectivity index (χ3v) is 4.77. The Bertz CT molecular complexity index is 1050. The molecule has 3 N–H and O–H groups in total. The lowest BCUT2D eigenvalue weighted by atomic mass is 9.92. The molecule has 0 bridgehead atoms. The van der Waals surface area contributed by atoms with Crippen LogP contribution in [0.1, 0.15) is 15.9 Å². The molecular weight excluding hydrogens is 553 g/mol. The molecule has 0 radical (unpaired) electrons. The van der Waals surface area contributed by atoms with Gasteiger partial charge in [0.25, 0.3) is 5.91 Å². The van der Waals surface area contributed by atoms with E-state index in [1.165, 1.54) is 5.32 Å². The van der Waals surface area contributed by atoms with Crippen molar-refractivity contribution in [2.75, 3.05) is 11.1 Å². The van der Waals surface area contributed by atoms with Crippen molar-refractivity contribution >= 4 is 33.2 Å². The van der Waals surface area contributed by atoms with Gasteiger partial charge < -0.3 is 15.8 Å². The minimum Gasteiger partial charge on any atom is -0.405 e. The first-order chi connectivity index (χ1) is 14.8. The number of amides is 1. The van der Waals surface area contributed by atoms with E-state index in [0.29, 0.717) is 0 Å². The maximum absolute atomic E-state index is 14.8. The largest absolute Gasteiger partial charge is 0.573 e. The molecule has 1 amide bonds. The lowest BCUT2D eigenvalue weighted by Crippen LogP contribution is -2.51. The molecule has 0 saturated heterocycles. The Morgan fingerprint density at radius 3 is 1.94 bits per heavy atom. The summed E-state index contributed by atoms with van der Waals surface area (Å²) in [6.45, 7) is 0. The van der Waals surface area contributed by atoms with Gasteiger partial charge in [0.15, 0.2) is 5.82 Å². The van der Waals surface area contributed by atoms with E-state index in [2.05, 4.69) is 20.7 Å². The van der Waals surface area contributed by atoms with E-state index in [1.807, 2.05) is 0 Å². The molecule has 0 aliphatic rings. The van der Waals surface area contributed by atoms with Crippen molar-refractivity contribution < 1.29 is 57.8 Å². The van der Waals surface area contributed by atoms with E-state index in [9.17, 15) is 53.1 Å². The van der Waals surface area contributed by atoms with E-state index in [4.69, 9.17) is 5.73 Å². The maximum Gasteiger partial charge on any atom is 0.573 e. The highest BCUT2D eigenvalue weighted by Crippen LogP contribution is 2.58. The van der Waals surface area contributed by atoms with Crippen molar-refractivity contribution in [1.29, 1.82) is 0 Å². The Morgan fingerprint density at radius 2 is 1.45 bits per heavy atom. The summed E-state index contributed by atoms with van der Waals surface area (Å²) < 4.78 is 148. The Balaban J connectivity index is 2.80. The Labute approximate surface area is 184 Å². The SMILES string of the molecule is Nc1cccc(C(=O)Nc2ccc(OC(F)(F)F)c(Br)c2C(F)(C(F)(F)F)C(F)(F)F)c1F. The third kappa shape index (κ3) is 5.09. The Morgan fingerprint density at radius 1 is 0.909 bits per heavy atom. The molecule has 33 heavy (non-hydrogen) atoms. The van der Waals surface area contributed by atoms with Crippen LogP contribution in [0.4, 0.5) is 59.7 Å². The third-order valence-electron chi connectivity index (χ3n) is 3.98. The number of nitrogen functional groups attached to an aromatic ring is 1. The maximum atomic E-state index is 14.8. The second kappa shape index (κ2) is 8.53. The van der Waals surface area contributed by atoms with E-state index >= 15 is 0 Å². The molecule has 0 heterocycles. The number of carbonyl (C=O) groups is 1. The predicted octanol–water partition coefficient (Wildman–Crippen LogP) is 6.61. The molecule has 0 unspecified atom stereocenters. The van der Waals surface area contributed by atoms with Crippen LogP contribution in [0.3, 0.4) is 0 Å². The number of carbonyl (C=O) groups excluding carboxylic acids is 1. The quantitative estimate of drug-likeness (QED) is 0.327. The van der Waals surface area contributed by atoms with Gasteiger partial charge in [-0.2, -0.15) is 26.3 Å². The fourth-order valence-corrected chi connectivity index (χ4v) is 3.26. The molecule has 0 spiro atoms. The first-order valence-electron chi connectivity index (χ1n) is 8.07. The summed E-state index contributed by atoms with van der Waals surface area (Å²) in [6, 6.07) is 3.02. The van der Waals surface area contributed by atoms with Crippen LogP contribution >= 0.6 is 15.9 Å². The lowest BCUT2D eigenvalue weighted by molar-refractivity contribution is -0.348. The number of halogens is 12. The van der Waals surface area contributed by atoms with Gasteiger partial charge in [0.1, 0.15) is 5.75 Å². The lowest BCUT2D eigenvalue weighted by Gasteiger charge is -2.33. The zero-order valence-electron chi connectivity index (χ0n) is 15.3. The molecular formula is C17H8BrF11N2O2. The van der Waals surface area contributed by atoms with E-state index in [-0.39, 0.29) is 12.1 Å². The van der Waals surface area contributed by atoms with Crippen LogP contribution in [0.2, 0.25) is 0 Å². The summed E-state index contributed by atoms with van der Waals surface area (Å²) in [5.74, 6) is -4.77. The highest BCUT2D eigenvalue weighted by atomic mass is 79.9. The zero-order valence-corrected chi connectivity index (χ0v) is 16.9. The number of benzene rings is 2. The van der Waals surface area contributed by atoms with Gasteiger partial charge in [-0.3, -0.25) is 4.79 Å². The highest BCUT2D eigenvalue weighted by molar-refractivity contribution is 9.10. The first-order valence-corrected chi connectivity index (χ1v) is 8.87. The van der Waals surface area contributed by atoms with E-state index < -0.39 is 68.8 Å². The van der Waals surface area contributed by atoms with Crippen LogP contribution in [0, 0.1) is 5.82 Å². The van der Waals surface area contributed by atoms with Crippen molar-refractivity contribution in [3.63, 3.8) is 0 Å². The van der Waals surface area contributed by atoms with Crippen molar-refractivity contribution in [1.82, 2.24) is 0 Å². The van der Waals surface area contributed by atoms with Gasteiger partial charge in [-0.1, -0.05) is 6.07 Å². The van der Waals surface area contributed by atoms with Crippen molar-refractivity contribution in [2.45, 2.75) is 24.4 Å². The van der Waals surface area contributed by atoms with Crippen LogP contribution in [0.15, 0.2) is 34.8 Å². The number of hydrogen-bond acceptors (Lipinski definition) is 3. The summed E-state index contributed by atoms with van der Waals surface area (Å²) in [4.78, 5) is 12.3. The fourth-order valence-electron chi connectivity index (χ4n) is 2.56. The number of hydrogen-bond donors (Lipinski definition) is 2. The predicted molar refractivity (Wildman–Crippen MR) is 94.5 cm³/mol. The van der Waals surface area contributed by atoms with Crippen LogP contribution in [0.25, 0.3) is 0 Å². The number of ether oxygens (including phenoxy) is 1. The second-order valence-corrected chi connectivity index (χ2v) is 6.96. The number of nitrogens with two attached hydrogens (primary N) is 1. The van der Waals surface area contributed by atoms with Gasteiger partial charge in [0.2, 0.25) is 0 Å². The van der Waals surface area contributed by atoms with E-state index in [0.717, 1.165) is 18.2 Å². The second-order valence-electron chi connectivity index (χ2n) is 6.16. The number of anilines is 2. The molecule has 0 aliphatic carbocycles. The van der Waals surface area contributed by atoms with Gasteiger partial charge in [0, 0.05) is 11.3 Å². The first kappa shape index (κ1) is 26.5. The summed E-state index contributed by atoms with van der Waals surface area (Å²) in [7, 11) is 0. The van der Waals surface area contributed by atoms with Crippen LogP contribution in [0.5, 0.6) is 5.75 Å². The van der Waals surface area contributed by atoms with Crippen LogP contribution in [-0.2, 0) is 5.67 Å². The molecule has 0 saturated carbocycles. The van der Waals surface area contributed by atoms with Crippen LogP contribution in [-0.4, -0.2) is 24.6 Å². The summed E-state index contributed by atoms with van der Waals surface area (Å²) >= 11 is 2.07. The monoisotopic (exact) mass is 560 g/mol. The van der Waals surface area contributed by atoms with Gasteiger partial charge in [-0.25, -0.2) is 8.78 Å². The molecule has 0 aromatic heterocycles. The van der Waals surface area contributed by atoms with Gasteiger partial charge in [-0.15, -0.1) is 13.2 Å². The van der Waals surface area contributed by atoms with Gasteiger partial charge in [0.05, 0.1) is 15.7 Å². The molecule has 182 valence electrons. The van der Waals surface area contributed by atoms with E-state index in [1.54, 1.807) is 0 Å². The van der Waals surface area contributed by atoms with Crippen molar-refractivity contribution in [3.05, 3.63) is 51.7 Å². The fraction of sp³-hybridized carbons (Fsp3) is 0.235. The molecule has 2 aromatic rings. The van der Waals surface area contributed by atoms with Gasteiger partial charge in [-0.05, 0) is 40.2 Å². The number of alkyl halides is 10. The molecule has 2 aromatic carbocycles. The molecule has 2 rings (SSSR count). The minimum atomic E-state index is -6.77. The molecule has 0 atom stereocenters. The Hall–Kier alpha value is -2.78. The number of rotatable bonds is 4. The Kier molecular flexibility index (Phi) is 6.85. The average molecular weight is 561 g/mol. The number of nitrogens with one attached hydrogen (secondary N) is 1.